The fourth-order valence-corrected chi connectivity index (χ4v) is 6.34. The van der Waals surface area contributed by atoms with Crippen LogP contribution in [0, 0.1) is 0 Å². The summed E-state index contributed by atoms with van der Waals surface area (Å²) in [4.78, 5) is 28.0. The molecule has 2 aromatic rings. The molecule has 0 amide bonds. The van der Waals surface area contributed by atoms with Gasteiger partial charge in [-0.15, -0.1) is 11.3 Å². The van der Waals surface area contributed by atoms with Gasteiger partial charge in [0, 0.05) is 34.2 Å². The number of ether oxygens (including phenoxy) is 2. The maximum atomic E-state index is 13.6. The zero-order chi connectivity index (χ0) is 22.9. The van der Waals surface area contributed by atoms with Gasteiger partial charge in [0.15, 0.2) is 5.78 Å². The summed E-state index contributed by atoms with van der Waals surface area (Å²) in [5.74, 6) is 0.247. The normalized spacial score (nSPS) is 23.4. The van der Waals surface area contributed by atoms with E-state index in [9.17, 15) is 9.59 Å². The SMILES string of the molecule is COc1ccccc1[C@@H]1CC(=O)C2=C(C1)NC(C)=C(C(=O)OC1CCCC1)[C@H]2c1cccs1. The molecular weight excluding hydrogens is 434 g/mol. The average Bonchev–Trinajstić information content (AvgIpc) is 3.52. The minimum Gasteiger partial charge on any atom is -0.496 e. The number of hydrogen-bond acceptors (Lipinski definition) is 6. The van der Waals surface area contributed by atoms with Crippen molar-refractivity contribution < 1.29 is 19.1 Å². The molecule has 6 heteroatoms. The standard InChI is InChI=1S/C27H29NO4S/c1-16-24(27(30)32-18-8-3-4-9-18)26(23-12-7-13-33-23)25-20(28-16)14-17(15-21(25)29)19-10-5-6-11-22(19)31-2/h5-7,10-13,17-18,26,28H,3-4,8-9,14-15H2,1-2H3/t17-,26+/m0/s1. The van der Waals surface area contributed by atoms with Crippen LogP contribution in [0.1, 0.15) is 67.7 Å². The van der Waals surface area contributed by atoms with Gasteiger partial charge in [-0.05, 0) is 62.1 Å². The zero-order valence-corrected chi connectivity index (χ0v) is 19.9. The lowest BCUT2D eigenvalue weighted by atomic mass is 9.73. The van der Waals surface area contributed by atoms with E-state index in [4.69, 9.17) is 9.47 Å². The Kier molecular flexibility index (Phi) is 6.11. The molecule has 1 N–H and O–H groups in total. The summed E-state index contributed by atoms with van der Waals surface area (Å²) in [6, 6.07) is 11.9. The maximum Gasteiger partial charge on any atom is 0.337 e. The van der Waals surface area contributed by atoms with Crippen molar-refractivity contribution in [2.24, 2.45) is 0 Å². The smallest absolute Gasteiger partial charge is 0.337 e. The van der Waals surface area contributed by atoms with Crippen molar-refractivity contribution in [2.45, 2.75) is 63.4 Å². The molecule has 2 aliphatic carbocycles. The second-order valence-corrected chi connectivity index (χ2v) is 10.1. The minimum absolute atomic E-state index is 0.0193. The predicted molar refractivity (Wildman–Crippen MR) is 128 cm³/mol. The number of para-hydroxylation sites is 1. The van der Waals surface area contributed by atoms with E-state index in [0.717, 1.165) is 53.3 Å². The highest BCUT2D eigenvalue weighted by Gasteiger charge is 2.42. The average molecular weight is 464 g/mol. The lowest BCUT2D eigenvalue weighted by Crippen LogP contribution is -2.36. The summed E-state index contributed by atoms with van der Waals surface area (Å²) < 4.78 is 11.5. The van der Waals surface area contributed by atoms with Crippen molar-refractivity contribution in [1.82, 2.24) is 5.32 Å². The van der Waals surface area contributed by atoms with Crippen LogP contribution in [0.2, 0.25) is 0 Å². The number of Topliss-reactive ketones (excluding diaryl/α,β-unsaturated/α-hetero) is 1. The first kappa shape index (κ1) is 22.0. The number of carbonyl (C=O) groups is 2. The Labute approximate surface area is 198 Å². The molecule has 5 nitrogen and oxygen atoms in total. The molecule has 5 rings (SSSR count). The van der Waals surface area contributed by atoms with Gasteiger partial charge in [-0.3, -0.25) is 4.79 Å². The molecule has 2 atom stereocenters. The van der Waals surface area contributed by atoms with Crippen molar-refractivity contribution in [2.75, 3.05) is 7.11 Å². The Morgan fingerprint density at radius 3 is 2.61 bits per heavy atom. The number of ketones is 1. The van der Waals surface area contributed by atoms with Crippen molar-refractivity contribution in [1.29, 1.82) is 0 Å². The van der Waals surface area contributed by atoms with E-state index < -0.39 is 0 Å². The van der Waals surface area contributed by atoms with Gasteiger partial charge in [-0.2, -0.15) is 0 Å². The molecule has 1 aliphatic heterocycles. The number of allylic oxidation sites excluding steroid dienone is 3. The van der Waals surface area contributed by atoms with Gasteiger partial charge >= 0.3 is 5.97 Å². The Hall–Kier alpha value is -2.86. The van der Waals surface area contributed by atoms with Gasteiger partial charge in [-0.25, -0.2) is 4.79 Å². The van der Waals surface area contributed by atoms with Crippen LogP contribution < -0.4 is 10.1 Å². The fourth-order valence-electron chi connectivity index (χ4n) is 5.49. The van der Waals surface area contributed by atoms with Gasteiger partial charge in [0.25, 0.3) is 0 Å². The highest BCUT2D eigenvalue weighted by molar-refractivity contribution is 7.10. The van der Waals surface area contributed by atoms with E-state index in [1.165, 1.54) is 0 Å². The molecule has 0 saturated heterocycles. The first-order chi connectivity index (χ1) is 16.1. The van der Waals surface area contributed by atoms with Crippen LogP contribution >= 0.6 is 11.3 Å². The molecule has 1 aromatic carbocycles. The number of nitrogens with one attached hydrogen (secondary N) is 1. The molecule has 0 unspecified atom stereocenters. The number of rotatable bonds is 5. The quantitative estimate of drug-likeness (QED) is 0.585. The maximum absolute atomic E-state index is 13.6. The topological polar surface area (TPSA) is 64.6 Å². The van der Waals surface area contributed by atoms with E-state index >= 15 is 0 Å². The third kappa shape index (κ3) is 4.12. The van der Waals surface area contributed by atoms with Gasteiger partial charge in [0.05, 0.1) is 18.6 Å². The number of carbonyl (C=O) groups excluding carboxylic acids is 2. The molecular formula is C27H29NO4S. The summed E-state index contributed by atoms with van der Waals surface area (Å²) in [5.41, 5.74) is 4.03. The number of thiophene rings is 1. The molecule has 0 radical (unpaired) electrons. The summed E-state index contributed by atoms with van der Waals surface area (Å²) in [6.45, 7) is 1.92. The predicted octanol–water partition coefficient (Wildman–Crippen LogP) is 5.60. The van der Waals surface area contributed by atoms with E-state index in [-0.39, 0.29) is 29.7 Å². The molecule has 1 aromatic heterocycles. The Bertz CT molecular complexity index is 1120. The van der Waals surface area contributed by atoms with E-state index in [1.54, 1.807) is 18.4 Å². The molecule has 2 heterocycles. The van der Waals surface area contributed by atoms with Gasteiger partial charge in [0.1, 0.15) is 11.9 Å². The van der Waals surface area contributed by atoms with E-state index in [1.807, 2.05) is 48.7 Å². The number of hydrogen-bond donors (Lipinski definition) is 1. The van der Waals surface area contributed by atoms with Crippen LogP contribution in [0.3, 0.4) is 0 Å². The fraction of sp³-hybridized carbons (Fsp3) is 0.407. The Balaban J connectivity index is 1.51. The summed E-state index contributed by atoms with van der Waals surface area (Å²) >= 11 is 1.58. The second-order valence-electron chi connectivity index (χ2n) is 9.09. The van der Waals surface area contributed by atoms with Crippen LogP contribution in [0.25, 0.3) is 0 Å². The molecule has 172 valence electrons. The number of esters is 1. The number of benzene rings is 1. The van der Waals surface area contributed by atoms with Crippen molar-refractivity contribution in [3.8, 4) is 5.75 Å². The van der Waals surface area contributed by atoms with Crippen molar-refractivity contribution >= 4 is 23.1 Å². The van der Waals surface area contributed by atoms with Crippen LogP contribution in [-0.2, 0) is 14.3 Å². The molecule has 1 saturated carbocycles. The van der Waals surface area contributed by atoms with Gasteiger partial charge in [0.2, 0.25) is 0 Å². The third-order valence-corrected chi connectivity index (χ3v) is 7.97. The molecule has 3 aliphatic rings. The lowest BCUT2D eigenvalue weighted by Gasteiger charge is -2.36. The first-order valence-electron chi connectivity index (χ1n) is 11.7. The zero-order valence-electron chi connectivity index (χ0n) is 19.1. The third-order valence-electron chi connectivity index (χ3n) is 7.03. The number of dihydropyridines is 1. The van der Waals surface area contributed by atoms with Crippen LogP contribution in [0.5, 0.6) is 5.75 Å². The Morgan fingerprint density at radius 1 is 1.09 bits per heavy atom. The molecule has 33 heavy (non-hydrogen) atoms. The first-order valence-corrected chi connectivity index (χ1v) is 12.6. The van der Waals surface area contributed by atoms with Gasteiger partial charge in [-0.1, -0.05) is 24.3 Å². The summed E-state index contributed by atoms with van der Waals surface area (Å²) in [5, 5.41) is 5.43. The van der Waals surface area contributed by atoms with Crippen LogP contribution in [0.4, 0.5) is 0 Å². The minimum atomic E-state index is -0.374. The second kappa shape index (κ2) is 9.18. The van der Waals surface area contributed by atoms with E-state index in [2.05, 4.69) is 5.32 Å². The summed E-state index contributed by atoms with van der Waals surface area (Å²) in [6.07, 6.45) is 5.11. The Morgan fingerprint density at radius 2 is 1.88 bits per heavy atom. The molecule has 0 bridgehead atoms. The highest BCUT2D eigenvalue weighted by atomic mass is 32.1. The largest absolute Gasteiger partial charge is 0.496 e. The molecule has 0 spiro atoms. The van der Waals surface area contributed by atoms with Crippen molar-refractivity contribution in [3.05, 3.63) is 74.8 Å². The van der Waals surface area contributed by atoms with Crippen LogP contribution in [0.15, 0.2) is 64.3 Å². The summed E-state index contributed by atoms with van der Waals surface area (Å²) in [7, 11) is 1.66. The van der Waals surface area contributed by atoms with Crippen LogP contribution in [-0.4, -0.2) is 25.0 Å². The lowest BCUT2D eigenvalue weighted by molar-refractivity contribution is -0.144. The highest BCUT2D eigenvalue weighted by Crippen LogP contribution is 2.47. The van der Waals surface area contributed by atoms with E-state index in [0.29, 0.717) is 24.0 Å². The number of methoxy groups -OCH3 is 1. The van der Waals surface area contributed by atoms with Gasteiger partial charge < -0.3 is 14.8 Å². The monoisotopic (exact) mass is 463 g/mol. The molecule has 1 fully saturated rings. The van der Waals surface area contributed by atoms with Crippen molar-refractivity contribution in [3.63, 3.8) is 0 Å².